The number of nitrogens with two attached hydrogens (primary N) is 1. The van der Waals surface area contributed by atoms with Crippen LogP contribution in [0.2, 0.25) is 0 Å². The van der Waals surface area contributed by atoms with Crippen molar-refractivity contribution in [2.24, 2.45) is 11.7 Å². The number of rotatable bonds is 5. The number of carboxylic acids is 1. The molecule has 3 atom stereocenters. The molecule has 0 spiro atoms. The summed E-state index contributed by atoms with van der Waals surface area (Å²) in [7, 11) is 0. The minimum Gasteiger partial charge on any atom is -0.481 e. The highest BCUT2D eigenvalue weighted by molar-refractivity contribution is 5.82. The molecule has 104 valence electrons. The Morgan fingerprint density at radius 3 is 2.67 bits per heavy atom. The molecule has 1 heterocycles. The van der Waals surface area contributed by atoms with Crippen LogP contribution in [0, 0.1) is 5.92 Å². The summed E-state index contributed by atoms with van der Waals surface area (Å²) in [6.07, 6.45) is 3.75. The van der Waals surface area contributed by atoms with Crippen LogP contribution in [0.1, 0.15) is 46.0 Å². The Bertz CT molecular complexity index is 307. The Labute approximate surface area is 108 Å². The summed E-state index contributed by atoms with van der Waals surface area (Å²) in [5, 5.41) is 8.98. The number of amides is 1. The highest BCUT2D eigenvalue weighted by Crippen LogP contribution is 2.23. The number of unbranched alkanes of at least 4 members (excludes halogenated alkanes) is 1. The highest BCUT2D eigenvalue weighted by Gasteiger charge is 2.33. The summed E-state index contributed by atoms with van der Waals surface area (Å²) in [6.45, 7) is 4.48. The summed E-state index contributed by atoms with van der Waals surface area (Å²) in [6, 6.07) is -0.464. The van der Waals surface area contributed by atoms with Gasteiger partial charge in [0.05, 0.1) is 12.0 Å². The standard InChI is InChI=1S/C13H24N2O3/c1-3-4-5-11(14)12(16)15-7-6-10(13(17)18)8-9(15)2/h9-11H,3-8,14H2,1-2H3,(H,17,18). The molecule has 0 aromatic heterocycles. The molecule has 0 bridgehead atoms. The zero-order valence-corrected chi connectivity index (χ0v) is 11.3. The smallest absolute Gasteiger partial charge is 0.306 e. The molecule has 3 unspecified atom stereocenters. The minimum atomic E-state index is -0.760. The largest absolute Gasteiger partial charge is 0.481 e. The van der Waals surface area contributed by atoms with Gasteiger partial charge in [0.2, 0.25) is 5.91 Å². The van der Waals surface area contributed by atoms with E-state index < -0.39 is 12.0 Å². The molecule has 0 aromatic rings. The molecule has 1 aliphatic heterocycles. The van der Waals surface area contributed by atoms with Gasteiger partial charge in [0, 0.05) is 12.6 Å². The fraction of sp³-hybridized carbons (Fsp3) is 0.846. The van der Waals surface area contributed by atoms with Crippen molar-refractivity contribution in [2.45, 2.75) is 58.0 Å². The van der Waals surface area contributed by atoms with Crippen LogP contribution in [0.15, 0.2) is 0 Å². The molecule has 0 aliphatic carbocycles. The number of carboxylic acid groups (broad SMARTS) is 1. The first-order valence-electron chi connectivity index (χ1n) is 6.76. The van der Waals surface area contributed by atoms with Gasteiger partial charge < -0.3 is 15.7 Å². The van der Waals surface area contributed by atoms with Gasteiger partial charge in [-0.25, -0.2) is 0 Å². The van der Waals surface area contributed by atoms with Gasteiger partial charge in [-0.1, -0.05) is 19.8 Å². The van der Waals surface area contributed by atoms with Crippen LogP contribution in [0.5, 0.6) is 0 Å². The first-order valence-corrected chi connectivity index (χ1v) is 6.76. The fourth-order valence-corrected chi connectivity index (χ4v) is 2.48. The van der Waals surface area contributed by atoms with Gasteiger partial charge in [-0.05, 0) is 26.2 Å². The van der Waals surface area contributed by atoms with Crippen LogP contribution in [-0.4, -0.2) is 40.5 Å². The molecule has 0 saturated carbocycles. The normalized spacial score (nSPS) is 25.8. The van der Waals surface area contributed by atoms with E-state index >= 15 is 0 Å². The van der Waals surface area contributed by atoms with Crippen molar-refractivity contribution in [1.29, 1.82) is 0 Å². The van der Waals surface area contributed by atoms with E-state index in [4.69, 9.17) is 10.8 Å². The molecule has 5 heteroatoms. The number of hydrogen-bond donors (Lipinski definition) is 2. The molecule has 18 heavy (non-hydrogen) atoms. The number of nitrogens with zero attached hydrogens (tertiary/aromatic N) is 1. The number of likely N-dealkylation sites (tertiary alicyclic amines) is 1. The molecule has 1 saturated heterocycles. The van der Waals surface area contributed by atoms with Crippen molar-refractivity contribution in [2.75, 3.05) is 6.54 Å². The van der Waals surface area contributed by atoms with E-state index in [2.05, 4.69) is 6.92 Å². The highest BCUT2D eigenvalue weighted by atomic mass is 16.4. The molecule has 1 rings (SSSR count). The summed E-state index contributed by atoms with van der Waals surface area (Å²) in [5.41, 5.74) is 5.88. The van der Waals surface area contributed by atoms with Gasteiger partial charge in [0.15, 0.2) is 0 Å². The minimum absolute atomic E-state index is 0.0278. The van der Waals surface area contributed by atoms with Gasteiger partial charge >= 0.3 is 5.97 Å². The van der Waals surface area contributed by atoms with E-state index in [0.717, 1.165) is 12.8 Å². The van der Waals surface area contributed by atoms with Crippen LogP contribution in [0.25, 0.3) is 0 Å². The van der Waals surface area contributed by atoms with Gasteiger partial charge in [-0.3, -0.25) is 9.59 Å². The monoisotopic (exact) mass is 256 g/mol. The van der Waals surface area contributed by atoms with Crippen molar-refractivity contribution in [3.05, 3.63) is 0 Å². The topological polar surface area (TPSA) is 83.6 Å². The third kappa shape index (κ3) is 3.70. The second-order valence-corrected chi connectivity index (χ2v) is 5.19. The van der Waals surface area contributed by atoms with Crippen molar-refractivity contribution >= 4 is 11.9 Å². The van der Waals surface area contributed by atoms with Crippen molar-refractivity contribution < 1.29 is 14.7 Å². The maximum absolute atomic E-state index is 12.1. The van der Waals surface area contributed by atoms with Gasteiger partial charge in [0.25, 0.3) is 0 Å². The third-order valence-corrected chi connectivity index (χ3v) is 3.69. The first-order chi connectivity index (χ1) is 8.47. The lowest BCUT2D eigenvalue weighted by molar-refractivity contribution is -0.147. The average molecular weight is 256 g/mol. The van der Waals surface area contributed by atoms with Gasteiger partial charge in [-0.2, -0.15) is 0 Å². The Kier molecular flexibility index (Phi) is 5.59. The SMILES string of the molecule is CCCCC(N)C(=O)N1CCC(C(=O)O)CC1C. The van der Waals surface area contributed by atoms with Gasteiger partial charge in [-0.15, -0.1) is 0 Å². The molecule has 1 aliphatic rings. The maximum Gasteiger partial charge on any atom is 0.306 e. The fourth-order valence-electron chi connectivity index (χ4n) is 2.48. The average Bonchev–Trinajstić information content (AvgIpc) is 2.34. The van der Waals surface area contributed by atoms with Crippen LogP contribution in [0.4, 0.5) is 0 Å². The number of carbonyl (C=O) groups excluding carboxylic acids is 1. The van der Waals surface area contributed by atoms with Crippen LogP contribution >= 0.6 is 0 Å². The van der Waals surface area contributed by atoms with E-state index in [0.29, 0.717) is 25.8 Å². The zero-order chi connectivity index (χ0) is 13.7. The number of aliphatic carboxylic acids is 1. The lowest BCUT2D eigenvalue weighted by Gasteiger charge is -2.37. The molecular formula is C13H24N2O3. The molecule has 5 nitrogen and oxygen atoms in total. The Morgan fingerprint density at radius 2 is 2.17 bits per heavy atom. The Hall–Kier alpha value is -1.10. The quantitative estimate of drug-likeness (QED) is 0.774. The Morgan fingerprint density at radius 1 is 1.50 bits per heavy atom. The number of piperidine rings is 1. The zero-order valence-electron chi connectivity index (χ0n) is 11.3. The lowest BCUT2D eigenvalue weighted by Crippen LogP contribution is -2.51. The molecule has 3 N–H and O–H groups in total. The Balaban J connectivity index is 2.52. The third-order valence-electron chi connectivity index (χ3n) is 3.69. The molecule has 1 amide bonds. The number of hydrogen-bond acceptors (Lipinski definition) is 3. The van der Waals surface area contributed by atoms with Crippen LogP contribution < -0.4 is 5.73 Å². The lowest BCUT2D eigenvalue weighted by atomic mass is 9.91. The molecule has 0 aromatic carbocycles. The predicted molar refractivity (Wildman–Crippen MR) is 69.0 cm³/mol. The maximum atomic E-state index is 12.1. The van der Waals surface area contributed by atoms with E-state index in [1.165, 1.54) is 0 Å². The molecule has 1 fully saturated rings. The van der Waals surface area contributed by atoms with Crippen LogP contribution in [-0.2, 0) is 9.59 Å². The molecular weight excluding hydrogens is 232 g/mol. The summed E-state index contributed by atoms with van der Waals surface area (Å²) < 4.78 is 0. The summed E-state index contributed by atoms with van der Waals surface area (Å²) >= 11 is 0. The predicted octanol–water partition coefficient (Wildman–Crippen LogP) is 1.22. The summed E-state index contributed by atoms with van der Waals surface area (Å²) in [5.74, 6) is -1.11. The van der Waals surface area contributed by atoms with Gasteiger partial charge in [0.1, 0.15) is 0 Å². The van der Waals surface area contributed by atoms with Crippen molar-refractivity contribution in [3.8, 4) is 0 Å². The second-order valence-electron chi connectivity index (χ2n) is 5.19. The van der Waals surface area contributed by atoms with E-state index in [-0.39, 0.29) is 17.9 Å². The van der Waals surface area contributed by atoms with E-state index in [1.54, 1.807) is 4.90 Å². The second kappa shape index (κ2) is 6.73. The van der Waals surface area contributed by atoms with E-state index in [9.17, 15) is 9.59 Å². The summed E-state index contributed by atoms with van der Waals surface area (Å²) in [4.78, 5) is 24.8. The number of carbonyl (C=O) groups is 2. The van der Waals surface area contributed by atoms with Crippen molar-refractivity contribution in [3.63, 3.8) is 0 Å². The van der Waals surface area contributed by atoms with E-state index in [1.807, 2.05) is 6.92 Å². The molecule has 0 radical (unpaired) electrons. The first kappa shape index (κ1) is 15.0. The van der Waals surface area contributed by atoms with Crippen molar-refractivity contribution in [1.82, 2.24) is 4.90 Å². The van der Waals surface area contributed by atoms with Crippen LogP contribution in [0.3, 0.4) is 0 Å².